The summed E-state index contributed by atoms with van der Waals surface area (Å²) in [5.41, 5.74) is 5.02. The van der Waals surface area contributed by atoms with Crippen molar-refractivity contribution in [3.05, 3.63) is 96.6 Å². The van der Waals surface area contributed by atoms with Crippen molar-refractivity contribution in [2.45, 2.75) is 0 Å². The van der Waals surface area contributed by atoms with Crippen LogP contribution in [0.15, 0.2) is 106 Å². The summed E-state index contributed by atoms with van der Waals surface area (Å²) in [4.78, 5) is 12.2. The number of anilines is 1. The normalized spacial score (nSPS) is 11.2. The Morgan fingerprint density at radius 1 is 0.844 bits per heavy atom. The van der Waals surface area contributed by atoms with Gasteiger partial charge in [-0.2, -0.15) is 15.3 Å². The van der Waals surface area contributed by atoms with E-state index in [1.54, 1.807) is 12.1 Å². The van der Waals surface area contributed by atoms with Crippen molar-refractivity contribution in [3.8, 4) is 5.75 Å². The molecule has 0 unspecified atom stereocenters. The van der Waals surface area contributed by atoms with Crippen LogP contribution >= 0.6 is 0 Å². The number of carbonyl (C=O) groups is 1. The highest BCUT2D eigenvalue weighted by atomic mass is 16.3. The van der Waals surface area contributed by atoms with Gasteiger partial charge in [-0.3, -0.25) is 4.79 Å². The molecule has 0 saturated heterocycles. The minimum absolute atomic E-state index is 0.0236. The molecule has 0 heterocycles. The van der Waals surface area contributed by atoms with Gasteiger partial charge in [-0.1, -0.05) is 54.6 Å². The van der Waals surface area contributed by atoms with Crippen LogP contribution in [0.5, 0.6) is 5.75 Å². The van der Waals surface area contributed by atoms with Crippen LogP contribution < -0.4 is 10.7 Å². The van der Waals surface area contributed by atoms with Gasteiger partial charge in [-0.05, 0) is 41.8 Å². The zero-order valence-electron chi connectivity index (χ0n) is 17.1. The third kappa shape index (κ3) is 5.34. The van der Waals surface area contributed by atoms with E-state index >= 15 is 0 Å². The third-order valence-corrected chi connectivity index (χ3v) is 4.67. The molecule has 4 aromatic carbocycles. The lowest BCUT2D eigenvalue weighted by molar-refractivity contribution is -0.119. The number of hydrogen-bond acceptors (Lipinski definition) is 6. The van der Waals surface area contributed by atoms with Crippen molar-refractivity contribution in [1.82, 2.24) is 5.43 Å². The molecule has 3 N–H and O–H groups in total. The van der Waals surface area contributed by atoms with Gasteiger partial charge in [0.25, 0.3) is 5.91 Å². The van der Waals surface area contributed by atoms with Gasteiger partial charge in [0.15, 0.2) is 0 Å². The fourth-order valence-corrected chi connectivity index (χ4v) is 3.09. The van der Waals surface area contributed by atoms with Crippen molar-refractivity contribution in [2.75, 3.05) is 11.9 Å². The maximum atomic E-state index is 12.2. The number of hydrogen-bond donors (Lipinski definition) is 3. The molecule has 7 heteroatoms. The number of benzene rings is 4. The molecule has 158 valence electrons. The molecule has 0 bridgehead atoms. The zero-order valence-corrected chi connectivity index (χ0v) is 17.1. The highest BCUT2D eigenvalue weighted by Crippen LogP contribution is 2.24. The van der Waals surface area contributed by atoms with Crippen molar-refractivity contribution in [1.29, 1.82) is 0 Å². The molecule has 0 aliphatic rings. The van der Waals surface area contributed by atoms with Crippen LogP contribution in [0, 0.1) is 0 Å². The molecule has 0 aliphatic heterocycles. The number of phenolic OH excluding ortho intramolecular Hbond substituents is 1. The molecule has 1 amide bonds. The highest BCUT2D eigenvalue weighted by Gasteiger charge is 2.04. The van der Waals surface area contributed by atoms with Crippen LogP contribution in [0.25, 0.3) is 10.8 Å². The largest absolute Gasteiger partial charge is 0.507 e. The van der Waals surface area contributed by atoms with Gasteiger partial charge >= 0.3 is 0 Å². The van der Waals surface area contributed by atoms with E-state index in [0.717, 1.165) is 22.1 Å². The van der Waals surface area contributed by atoms with Crippen molar-refractivity contribution in [2.24, 2.45) is 15.3 Å². The molecular formula is C25H21N5O2. The molecule has 0 saturated carbocycles. The summed E-state index contributed by atoms with van der Waals surface area (Å²) in [6.07, 6.45) is 1.37. The summed E-state index contributed by atoms with van der Waals surface area (Å²) in [5, 5.41) is 27.6. The summed E-state index contributed by atoms with van der Waals surface area (Å²) < 4.78 is 0. The van der Waals surface area contributed by atoms with Crippen LogP contribution in [0.3, 0.4) is 0 Å². The molecule has 0 spiro atoms. The lowest BCUT2D eigenvalue weighted by Gasteiger charge is -2.08. The molecule has 4 aromatic rings. The summed E-state index contributed by atoms with van der Waals surface area (Å²) in [6.45, 7) is 0.0582. The summed E-state index contributed by atoms with van der Waals surface area (Å²) in [5.74, 6) is -0.288. The topological polar surface area (TPSA) is 98.4 Å². The fourth-order valence-electron chi connectivity index (χ4n) is 3.09. The first-order valence-electron chi connectivity index (χ1n) is 10.0. The molecule has 4 rings (SSSR count). The SMILES string of the molecule is O=C(CNc1cccc2ccccc12)N/N=C\c1cc(N=Nc2ccccc2)ccc1O. The number of fused-ring (bicyclic) bond motifs is 1. The second kappa shape index (κ2) is 9.99. The average Bonchev–Trinajstić information content (AvgIpc) is 2.83. The van der Waals surface area contributed by atoms with Gasteiger partial charge in [-0.25, -0.2) is 5.43 Å². The van der Waals surface area contributed by atoms with E-state index in [1.165, 1.54) is 12.3 Å². The smallest absolute Gasteiger partial charge is 0.259 e. The van der Waals surface area contributed by atoms with Crippen LogP contribution in [0.2, 0.25) is 0 Å². The van der Waals surface area contributed by atoms with Crippen molar-refractivity contribution >= 4 is 40.0 Å². The second-order valence-corrected chi connectivity index (χ2v) is 6.95. The molecule has 32 heavy (non-hydrogen) atoms. The van der Waals surface area contributed by atoms with Gasteiger partial charge in [0.1, 0.15) is 5.75 Å². The van der Waals surface area contributed by atoms with Gasteiger partial charge in [0, 0.05) is 16.6 Å². The Morgan fingerprint density at radius 3 is 2.47 bits per heavy atom. The van der Waals surface area contributed by atoms with E-state index in [9.17, 15) is 9.90 Å². The number of aromatic hydroxyl groups is 1. The van der Waals surface area contributed by atoms with Gasteiger partial charge in [-0.15, -0.1) is 0 Å². The van der Waals surface area contributed by atoms with Crippen LogP contribution in [-0.2, 0) is 4.79 Å². The highest BCUT2D eigenvalue weighted by molar-refractivity contribution is 5.95. The fraction of sp³-hybridized carbons (Fsp3) is 0.0400. The summed E-state index contributed by atoms with van der Waals surface area (Å²) in [6, 6.07) is 27.9. The number of phenols is 1. The van der Waals surface area contributed by atoms with E-state index in [-0.39, 0.29) is 18.2 Å². The summed E-state index contributed by atoms with van der Waals surface area (Å²) in [7, 11) is 0. The van der Waals surface area contributed by atoms with Crippen LogP contribution in [0.4, 0.5) is 17.1 Å². The zero-order chi connectivity index (χ0) is 22.2. The second-order valence-electron chi connectivity index (χ2n) is 6.95. The maximum absolute atomic E-state index is 12.2. The Labute approximate surface area is 185 Å². The van der Waals surface area contributed by atoms with E-state index < -0.39 is 0 Å². The number of rotatable bonds is 7. The number of azo groups is 1. The number of nitrogens with zero attached hydrogens (tertiary/aromatic N) is 3. The molecule has 0 aliphatic carbocycles. The lowest BCUT2D eigenvalue weighted by atomic mass is 10.1. The van der Waals surface area contributed by atoms with E-state index in [0.29, 0.717) is 11.3 Å². The Morgan fingerprint density at radius 2 is 1.59 bits per heavy atom. The predicted molar refractivity (Wildman–Crippen MR) is 127 cm³/mol. The molecule has 7 nitrogen and oxygen atoms in total. The molecule has 0 fully saturated rings. The first-order valence-corrected chi connectivity index (χ1v) is 10.0. The monoisotopic (exact) mass is 423 g/mol. The van der Waals surface area contributed by atoms with Gasteiger partial charge in [0.2, 0.25) is 0 Å². The van der Waals surface area contributed by atoms with Crippen LogP contribution in [-0.4, -0.2) is 23.8 Å². The summed E-state index contributed by atoms with van der Waals surface area (Å²) >= 11 is 0. The maximum Gasteiger partial charge on any atom is 0.259 e. The van der Waals surface area contributed by atoms with Gasteiger partial charge < -0.3 is 10.4 Å². The number of amides is 1. The predicted octanol–water partition coefficient (Wildman–Crippen LogP) is 5.52. The Kier molecular flexibility index (Phi) is 6.48. The lowest BCUT2D eigenvalue weighted by Crippen LogP contribution is -2.25. The molecule has 0 atom stereocenters. The van der Waals surface area contributed by atoms with Crippen molar-refractivity contribution < 1.29 is 9.90 Å². The van der Waals surface area contributed by atoms with Gasteiger partial charge in [0.05, 0.1) is 24.1 Å². The Balaban J connectivity index is 1.36. The minimum Gasteiger partial charge on any atom is -0.507 e. The van der Waals surface area contributed by atoms with E-state index in [2.05, 4.69) is 26.1 Å². The number of nitrogens with one attached hydrogen (secondary N) is 2. The quantitative estimate of drug-likeness (QED) is 0.207. The third-order valence-electron chi connectivity index (χ3n) is 4.67. The first kappa shape index (κ1) is 20.7. The first-order chi connectivity index (χ1) is 15.7. The van der Waals surface area contributed by atoms with E-state index in [1.807, 2.05) is 72.8 Å². The van der Waals surface area contributed by atoms with E-state index in [4.69, 9.17) is 0 Å². The Hall–Kier alpha value is -4.52. The minimum atomic E-state index is -0.311. The standard InChI is InChI=1S/C25H21N5O2/c31-24-14-13-21(29-28-20-9-2-1-3-10-20)15-19(24)16-27-30-25(32)17-26-23-12-6-8-18-7-4-5-11-22(18)23/h1-16,26,31H,17H2,(H,30,32)/b27-16-,29-28?. The molecular weight excluding hydrogens is 402 g/mol. The van der Waals surface area contributed by atoms with Crippen molar-refractivity contribution in [3.63, 3.8) is 0 Å². The number of carbonyl (C=O) groups excluding carboxylic acids is 1. The Bertz CT molecular complexity index is 1280. The molecule has 0 aromatic heterocycles. The number of hydrazone groups is 1. The van der Waals surface area contributed by atoms with Crippen LogP contribution in [0.1, 0.15) is 5.56 Å². The molecule has 0 radical (unpaired) electrons. The average molecular weight is 423 g/mol.